The Morgan fingerprint density at radius 3 is 2.05 bits per heavy atom. The lowest BCUT2D eigenvalue weighted by Gasteiger charge is -2.24. The smallest absolute Gasteiger partial charge is 0.326 e. The van der Waals surface area contributed by atoms with Crippen LogP contribution >= 0.6 is 12.6 Å². The highest BCUT2D eigenvalue weighted by Gasteiger charge is 2.30. The van der Waals surface area contributed by atoms with Gasteiger partial charge in [-0.1, -0.05) is 12.1 Å². The second kappa shape index (κ2) is 13.8. The summed E-state index contributed by atoms with van der Waals surface area (Å²) in [6.07, 6.45) is 2.13. The summed E-state index contributed by atoms with van der Waals surface area (Å²) in [6.45, 7) is 0. The van der Waals surface area contributed by atoms with E-state index in [2.05, 4.69) is 38.5 Å². The fraction of sp³-hybridized carbons (Fsp3) is 0.364. The first kappa shape index (κ1) is 29.1. The van der Waals surface area contributed by atoms with Crippen LogP contribution in [0.5, 0.6) is 5.75 Å². The largest absolute Gasteiger partial charge is 0.508 e. The summed E-state index contributed by atoms with van der Waals surface area (Å²) in [4.78, 5) is 67.2. The highest BCUT2D eigenvalue weighted by molar-refractivity contribution is 7.80. The first-order chi connectivity index (χ1) is 17.5. The Labute approximate surface area is 216 Å². The Bertz CT molecular complexity index is 1100. The van der Waals surface area contributed by atoms with E-state index in [0.29, 0.717) is 11.3 Å². The predicted molar refractivity (Wildman–Crippen MR) is 132 cm³/mol. The summed E-state index contributed by atoms with van der Waals surface area (Å²) in [6, 6.07) is 0.558. The van der Waals surface area contributed by atoms with Gasteiger partial charge in [-0.25, -0.2) is 9.78 Å². The van der Waals surface area contributed by atoms with Crippen molar-refractivity contribution < 1.29 is 39.3 Å². The number of H-pyrrole nitrogens is 1. The monoisotopic (exact) mass is 536 g/mol. The first-order valence-corrected chi connectivity index (χ1v) is 11.6. The second-order valence-electron chi connectivity index (χ2n) is 8.06. The number of carbonyl (C=O) groups excluding carboxylic acids is 3. The molecular weight excluding hydrogens is 508 g/mol. The maximum absolute atomic E-state index is 13.1. The van der Waals surface area contributed by atoms with Crippen LogP contribution in [-0.2, 0) is 36.8 Å². The second-order valence-corrected chi connectivity index (χ2v) is 8.43. The van der Waals surface area contributed by atoms with Crippen LogP contribution in [0.4, 0.5) is 0 Å². The van der Waals surface area contributed by atoms with E-state index >= 15 is 0 Å². The van der Waals surface area contributed by atoms with Crippen LogP contribution in [0.2, 0.25) is 0 Å². The van der Waals surface area contributed by atoms with E-state index in [-0.39, 0.29) is 24.3 Å². The SMILES string of the molecule is NC(Cc1cnc[nH]1)C(=O)NC(Cc1ccc(O)cc1)C(=O)NC(CS)C(=O)NC(CC(=O)O)C(=O)O. The number of amides is 3. The highest BCUT2D eigenvalue weighted by Crippen LogP contribution is 2.12. The molecule has 0 aliphatic carbocycles. The number of aliphatic carboxylic acids is 2. The van der Waals surface area contributed by atoms with Gasteiger partial charge in [0, 0.05) is 30.5 Å². The fourth-order valence-electron chi connectivity index (χ4n) is 3.20. The summed E-state index contributed by atoms with van der Waals surface area (Å²) in [5.41, 5.74) is 7.13. The van der Waals surface area contributed by atoms with Gasteiger partial charge >= 0.3 is 11.9 Å². The van der Waals surface area contributed by atoms with Gasteiger partial charge in [0.1, 0.15) is 23.9 Å². The predicted octanol–water partition coefficient (Wildman–Crippen LogP) is -1.83. The maximum atomic E-state index is 13.1. The van der Waals surface area contributed by atoms with Crippen molar-refractivity contribution in [1.29, 1.82) is 0 Å². The van der Waals surface area contributed by atoms with Crippen molar-refractivity contribution in [2.24, 2.45) is 5.73 Å². The first-order valence-electron chi connectivity index (χ1n) is 11.0. The molecule has 0 fully saturated rings. The van der Waals surface area contributed by atoms with Gasteiger partial charge in [0.25, 0.3) is 0 Å². The summed E-state index contributed by atoms with van der Waals surface area (Å²) >= 11 is 4.02. The zero-order valence-electron chi connectivity index (χ0n) is 19.5. The van der Waals surface area contributed by atoms with Crippen LogP contribution in [0.1, 0.15) is 17.7 Å². The number of carbonyl (C=O) groups is 5. The van der Waals surface area contributed by atoms with Gasteiger partial charge in [0.2, 0.25) is 17.7 Å². The van der Waals surface area contributed by atoms with E-state index in [1.807, 2.05) is 0 Å². The molecule has 0 bridgehead atoms. The number of imidazole rings is 1. The molecule has 2 aromatic rings. The summed E-state index contributed by atoms with van der Waals surface area (Å²) in [7, 11) is 0. The Hall–Kier alpha value is -4.11. The number of nitrogens with one attached hydrogen (secondary N) is 4. The molecule has 4 atom stereocenters. The molecule has 9 N–H and O–H groups in total. The zero-order valence-corrected chi connectivity index (χ0v) is 20.4. The number of rotatable bonds is 14. The average molecular weight is 537 g/mol. The van der Waals surface area contributed by atoms with Crippen LogP contribution in [-0.4, -0.2) is 84.9 Å². The molecule has 14 nitrogen and oxygen atoms in total. The molecule has 0 aliphatic rings. The lowest BCUT2D eigenvalue weighted by molar-refractivity contribution is -0.147. The minimum Gasteiger partial charge on any atom is -0.508 e. The normalized spacial score (nSPS) is 14.0. The fourth-order valence-corrected chi connectivity index (χ4v) is 3.45. The number of nitrogens with zero attached hydrogens (tertiary/aromatic N) is 1. The number of thiol groups is 1. The molecule has 1 aromatic heterocycles. The Morgan fingerprint density at radius 2 is 1.51 bits per heavy atom. The minimum atomic E-state index is -1.72. The van der Waals surface area contributed by atoms with Crippen LogP contribution in [0.3, 0.4) is 0 Å². The molecule has 0 radical (unpaired) electrons. The number of aromatic nitrogens is 2. The summed E-state index contributed by atoms with van der Waals surface area (Å²) in [5.74, 6) is -5.69. The molecule has 1 heterocycles. The number of benzene rings is 1. The molecule has 1 aromatic carbocycles. The van der Waals surface area contributed by atoms with E-state index in [4.69, 9.17) is 15.9 Å². The van der Waals surface area contributed by atoms with Crippen molar-refractivity contribution in [2.45, 2.75) is 43.4 Å². The van der Waals surface area contributed by atoms with Crippen LogP contribution in [0.15, 0.2) is 36.8 Å². The molecular formula is C22H28N6O8S. The number of hydrogen-bond donors (Lipinski definition) is 9. The van der Waals surface area contributed by atoms with Crippen molar-refractivity contribution in [3.63, 3.8) is 0 Å². The number of carboxylic acid groups (broad SMARTS) is 2. The van der Waals surface area contributed by atoms with Crippen LogP contribution in [0, 0.1) is 0 Å². The number of phenolic OH excluding ortho intramolecular Hbond substituents is 1. The van der Waals surface area contributed by atoms with Crippen LogP contribution < -0.4 is 21.7 Å². The Balaban J connectivity index is 2.15. The van der Waals surface area contributed by atoms with Gasteiger partial charge < -0.3 is 42.0 Å². The van der Waals surface area contributed by atoms with E-state index in [9.17, 15) is 29.1 Å². The van der Waals surface area contributed by atoms with Crippen molar-refractivity contribution >= 4 is 42.3 Å². The summed E-state index contributed by atoms with van der Waals surface area (Å²) < 4.78 is 0. The van der Waals surface area contributed by atoms with Gasteiger partial charge in [0.05, 0.1) is 18.8 Å². The van der Waals surface area contributed by atoms with Gasteiger partial charge in [-0.3, -0.25) is 19.2 Å². The number of aromatic hydroxyl groups is 1. The molecule has 2 rings (SSSR count). The van der Waals surface area contributed by atoms with Gasteiger partial charge in [-0.05, 0) is 17.7 Å². The molecule has 3 amide bonds. The van der Waals surface area contributed by atoms with Crippen LogP contribution in [0.25, 0.3) is 0 Å². The lowest BCUT2D eigenvalue weighted by Crippen LogP contribution is -2.58. The molecule has 200 valence electrons. The molecule has 37 heavy (non-hydrogen) atoms. The number of hydrogen-bond acceptors (Lipinski definition) is 9. The summed E-state index contributed by atoms with van der Waals surface area (Å²) in [5, 5.41) is 34.5. The minimum absolute atomic E-state index is 0.00322. The maximum Gasteiger partial charge on any atom is 0.326 e. The third kappa shape index (κ3) is 9.46. The van der Waals surface area contributed by atoms with Crippen molar-refractivity contribution in [3.05, 3.63) is 48.0 Å². The highest BCUT2D eigenvalue weighted by atomic mass is 32.1. The quantitative estimate of drug-likeness (QED) is 0.122. The van der Waals surface area contributed by atoms with E-state index in [0.717, 1.165) is 0 Å². The molecule has 0 aliphatic heterocycles. The zero-order chi connectivity index (χ0) is 27.5. The lowest BCUT2D eigenvalue weighted by atomic mass is 10.0. The molecule has 15 heteroatoms. The van der Waals surface area contributed by atoms with E-state index < -0.39 is 60.2 Å². The standard InChI is InChI=1S/C22H28N6O8S/c23-14(6-12-8-24-10-25-12)19(32)26-15(5-11-1-3-13(29)4-2-11)20(33)28-17(9-37)21(34)27-16(22(35)36)7-18(30)31/h1-4,8,10,14-17,29,37H,5-7,9,23H2,(H,24,25)(H,26,32)(H,27,34)(H,28,33)(H,30,31)(H,35,36). The number of carboxylic acids is 2. The van der Waals surface area contributed by atoms with E-state index in [1.165, 1.54) is 24.7 Å². The Kier molecular flexibility index (Phi) is 10.9. The third-order valence-electron chi connectivity index (χ3n) is 5.15. The van der Waals surface area contributed by atoms with Crippen molar-refractivity contribution in [3.8, 4) is 5.75 Å². The van der Waals surface area contributed by atoms with Gasteiger partial charge in [0.15, 0.2) is 0 Å². The third-order valence-corrected chi connectivity index (χ3v) is 5.51. The molecule has 0 spiro atoms. The number of phenols is 1. The molecule has 0 saturated carbocycles. The topological polar surface area (TPSA) is 237 Å². The van der Waals surface area contributed by atoms with Gasteiger partial charge in [-0.15, -0.1) is 0 Å². The number of nitrogens with two attached hydrogens (primary N) is 1. The van der Waals surface area contributed by atoms with Crippen molar-refractivity contribution in [1.82, 2.24) is 25.9 Å². The van der Waals surface area contributed by atoms with Gasteiger partial charge in [-0.2, -0.15) is 12.6 Å². The molecule has 0 saturated heterocycles. The molecule has 4 unspecified atom stereocenters. The Morgan fingerprint density at radius 1 is 0.919 bits per heavy atom. The van der Waals surface area contributed by atoms with Crippen molar-refractivity contribution in [2.75, 3.05) is 5.75 Å². The number of aromatic amines is 1. The van der Waals surface area contributed by atoms with E-state index in [1.54, 1.807) is 12.1 Å². The average Bonchev–Trinajstić information content (AvgIpc) is 3.35.